The van der Waals surface area contributed by atoms with Gasteiger partial charge in [0, 0.05) is 15.9 Å². The molecule has 0 aliphatic heterocycles. The molecule has 2 rings (SSSR count). The second kappa shape index (κ2) is 18.5. The molecule has 0 spiro atoms. The summed E-state index contributed by atoms with van der Waals surface area (Å²) in [5.41, 5.74) is 14.1. The molecule has 0 aliphatic rings. The van der Waals surface area contributed by atoms with E-state index in [1.54, 1.807) is 0 Å². The van der Waals surface area contributed by atoms with E-state index < -0.39 is 0 Å². The number of nitrogens with zero attached hydrogens (tertiary/aromatic N) is 1. The van der Waals surface area contributed by atoms with Crippen molar-refractivity contribution in [2.24, 2.45) is 5.92 Å². The van der Waals surface area contributed by atoms with Gasteiger partial charge in [0.25, 0.3) is 0 Å². The van der Waals surface area contributed by atoms with Gasteiger partial charge in [-0.3, -0.25) is 0 Å². The fourth-order valence-electron chi connectivity index (χ4n) is 5.84. The maximum Gasteiger partial charge on any atom is 0.0171 e. The highest BCUT2D eigenvalue weighted by molar-refractivity contribution is 8.01. The van der Waals surface area contributed by atoms with Crippen LogP contribution in [0.2, 0.25) is 0 Å². The van der Waals surface area contributed by atoms with E-state index in [0.29, 0.717) is 23.8 Å². The Bertz CT molecular complexity index is 1200. The Morgan fingerprint density at radius 1 is 0.698 bits per heavy atom. The van der Waals surface area contributed by atoms with Crippen LogP contribution in [0.3, 0.4) is 0 Å². The fourth-order valence-corrected chi connectivity index (χ4v) is 7.62. The Morgan fingerprint density at radius 2 is 1.12 bits per heavy atom. The van der Waals surface area contributed by atoms with Crippen molar-refractivity contribution in [3.8, 4) is 0 Å². The highest BCUT2D eigenvalue weighted by atomic mass is 32.2. The van der Waals surface area contributed by atoms with Gasteiger partial charge in [0.05, 0.1) is 0 Å². The zero-order chi connectivity index (χ0) is 33.2. The van der Waals surface area contributed by atoms with E-state index in [9.17, 15) is 0 Å². The Kier molecular flexibility index (Phi) is 17.1. The molecule has 0 fully saturated rings. The summed E-state index contributed by atoms with van der Waals surface area (Å²) in [7, 11) is 2.21. The SMILES string of the molecule is CC/C(=C(/S)c1c(C)cc(C(C)C)cc1C)C(C)CC.CC/C(SN(C)C(C)CC)=C(/C)c1c(C)cc(C(C)C)cc1C. The fraction of sp³-hybridized carbons (Fsp3) is 0.600. The molecular formula is C40H65NS2. The molecule has 2 unspecified atom stereocenters. The molecule has 0 bridgehead atoms. The summed E-state index contributed by atoms with van der Waals surface area (Å²) in [6.07, 6.45) is 4.52. The minimum absolute atomic E-state index is 0.578. The maximum atomic E-state index is 4.89. The van der Waals surface area contributed by atoms with E-state index in [2.05, 4.69) is 139 Å². The Hall–Kier alpha value is -1.42. The van der Waals surface area contributed by atoms with Gasteiger partial charge in [-0.1, -0.05) is 92.2 Å². The third-order valence-corrected chi connectivity index (χ3v) is 11.1. The van der Waals surface area contributed by atoms with E-state index in [0.717, 1.165) is 12.8 Å². The molecule has 0 aromatic heterocycles. The van der Waals surface area contributed by atoms with Crippen LogP contribution in [0, 0.1) is 33.6 Å². The normalized spacial score (nSPS) is 14.4. The third kappa shape index (κ3) is 10.9. The van der Waals surface area contributed by atoms with Crippen LogP contribution in [-0.4, -0.2) is 17.4 Å². The third-order valence-electron chi connectivity index (χ3n) is 9.15. The van der Waals surface area contributed by atoms with Crippen molar-refractivity contribution in [2.75, 3.05) is 7.05 Å². The molecule has 3 heteroatoms. The second-order valence-electron chi connectivity index (χ2n) is 13.2. The molecule has 0 amide bonds. The molecule has 0 saturated carbocycles. The molecule has 0 saturated heterocycles. The van der Waals surface area contributed by atoms with E-state index >= 15 is 0 Å². The summed E-state index contributed by atoms with van der Waals surface area (Å²) in [6, 6.07) is 9.99. The van der Waals surface area contributed by atoms with Gasteiger partial charge in [-0.2, -0.15) is 0 Å². The van der Waals surface area contributed by atoms with Crippen LogP contribution >= 0.6 is 24.6 Å². The number of thiol groups is 1. The number of rotatable bonds is 12. The van der Waals surface area contributed by atoms with Gasteiger partial charge in [-0.15, -0.1) is 12.6 Å². The first-order chi connectivity index (χ1) is 20.0. The van der Waals surface area contributed by atoms with Crippen molar-refractivity contribution in [1.82, 2.24) is 4.31 Å². The van der Waals surface area contributed by atoms with Crippen LogP contribution in [0.1, 0.15) is 158 Å². The standard InChI is InChI=1S/C21H35NS.C19H30S/c1-10-17(7)22(9)23-20(11-2)18(8)21-15(5)12-19(14(3)4)13-16(21)6;1-8-13(5)17(9-2)19(20)18-14(6)10-16(12(3)4)11-15(18)7/h12-14,17H,10-11H2,1-9H3;10-13,20H,8-9H2,1-7H3/b20-18+;19-17-. The quantitative estimate of drug-likeness (QED) is 0.185. The summed E-state index contributed by atoms with van der Waals surface area (Å²) in [6.45, 7) is 33.9. The largest absolute Gasteiger partial charge is 0.247 e. The minimum Gasteiger partial charge on any atom is -0.247 e. The highest BCUT2D eigenvalue weighted by Crippen LogP contribution is 2.37. The molecular weight excluding hydrogens is 559 g/mol. The highest BCUT2D eigenvalue weighted by Gasteiger charge is 2.17. The summed E-state index contributed by atoms with van der Waals surface area (Å²) in [4.78, 5) is 2.68. The van der Waals surface area contributed by atoms with Gasteiger partial charge < -0.3 is 0 Å². The molecule has 0 aliphatic carbocycles. The van der Waals surface area contributed by atoms with Gasteiger partial charge >= 0.3 is 0 Å². The molecule has 2 aromatic rings. The van der Waals surface area contributed by atoms with Crippen LogP contribution in [0.15, 0.2) is 34.7 Å². The Labute approximate surface area is 278 Å². The Balaban J connectivity index is 0.000000434. The molecule has 43 heavy (non-hydrogen) atoms. The average Bonchev–Trinajstić information content (AvgIpc) is 2.94. The van der Waals surface area contributed by atoms with Crippen LogP contribution in [0.5, 0.6) is 0 Å². The Morgan fingerprint density at radius 3 is 1.44 bits per heavy atom. The lowest BCUT2D eigenvalue weighted by molar-refractivity contribution is 0.427. The lowest BCUT2D eigenvalue weighted by Crippen LogP contribution is -2.21. The van der Waals surface area contributed by atoms with Crippen molar-refractivity contribution in [3.63, 3.8) is 0 Å². The molecule has 0 radical (unpaired) electrons. The van der Waals surface area contributed by atoms with Crippen molar-refractivity contribution < 1.29 is 0 Å². The molecule has 1 nitrogen and oxygen atoms in total. The predicted octanol–water partition coefficient (Wildman–Crippen LogP) is 13.5. The molecule has 2 atom stereocenters. The number of hydrogen-bond acceptors (Lipinski definition) is 3. The topological polar surface area (TPSA) is 3.24 Å². The van der Waals surface area contributed by atoms with E-state index in [4.69, 9.17) is 12.6 Å². The van der Waals surface area contributed by atoms with Crippen molar-refractivity contribution in [1.29, 1.82) is 0 Å². The smallest absolute Gasteiger partial charge is 0.0171 e. The monoisotopic (exact) mass is 623 g/mol. The van der Waals surface area contributed by atoms with Crippen LogP contribution in [0.25, 0.3) is 10.5 Å². The number of aryl methyl sites for hydroxylation is 4. The summed E-state index contributed by atoms with van der Waals surface area (Å²) >= 11 is 6.81. The van der Waals surface area contributed by atoms with Gasteiger partial charge in [-0.25, -0.2) is 4.31 Å². The number of allylic oxidation sites excluding steroid dienone is 3. The zero-order valence-corrected chi connectivity index (χ0v) is 32.5. The van der Waals surface area contributed by atoms with Gasteiger partial charge in [-0.05, 0) is 154 Å². The van der Waals surface area contributed by atoms with Gasteiger partial charge in [0.15, 0.2) is 0 Å². The lowest BCUT2D eigenvalue weighted by atomic mass is 9.89. The zero-order valence-electron chi connectivity index (χ0n) is 30.7. The first-order valence-electron chi connectivity index (χ1n) is 16.8. The van der Waals surface area contributed by atoms with Crippen LogP contribution in [0.4, 0.5) is 0 Å². The van der Waals surface area contributed by atoms with Crippen molar-refractivity contribution in [3.05, 3.63) is 79.3 Å². The minimum atomic E-state index is 0.578. The molecule has 2 aromatic carbocycles. The molecule has 242 valence electrons. The first-order valence-corrected chi connectivity index (χ1v) is 18.0. The summed E-state index contributed by atoms with van der Waals surface area (Å²) in [5, 5.41) is 0. The number of hydrogen-bond donors (Lipinski definition) is 1. The van der Waals surface area contributed by atoms with Gasteiger partial charge in [0.1, 0.15) is 0 Å². The molecule has 0 heterocycles. The van der Waals surface area contributed by atoms with Crippen LogP contribution < -0.4 is 0 Å². The van der Waals surface area contributed by atoms with Gasteiger partial charge in [0.2, 0.25) is 0 Å². The van der Waals surface area contributed by atoms with Crippen molar-refractivity contribution >= 4 is 35.1 Å². The van der Waals surface area contributed by atoms with Crippen molar-refractivity contribution in [2.45, 2.75) is 147 Å². The van der Waals surface area contributed by atoms with Crippen LogP contribution in [-0.2, 0) is 0 Å². The molecule has 0 N–H and O–H groups in total. The van der Waals surface area contributed by atoms with E-state index in [1.807, 2.05) is 11.9 Å². The van der Waals surface area contributed by atoms with E-state index in [-0.39, 0.29) is 0 Å². The number of benzene rings is 2. The lowest BCUT2D eigenvalue weighted by Gasteiger charge is -2.25. The second-order valence-corrected chi connectivity index (χ2v) is 14.9. The van der Waals surface area contributed by atoms with E-state index in [1.165, 1.54) is 78.3 Å². The average molecular weight is 624 g/mol. The summed E-state index contributed by atoms with van der Waals surface area (Å²) < 4.78 is 2.40. The maximum absolute atomic E-state index is 4.89. The first kappa shape index (κ1) is 39.6. The summed E-state index contributed by atoms with van der Waals surface area (Å²) in [5.74, 6) is 1.77. The predicted molar refractivity (Wildman–Crippen MR) is 204 cm³/mol.